The van der Waals surface area contributed by atoms with Crippen molar-refractivity contribution in [3.8, 4) is 0 Å². The summed E-state index contributed by atoms with van der Waals surface area (Å²) >= 11 is 5.47. The Kier molecular flexibility index (Phi) is 6.66. The zero-order chi connectivity index (χ0) is 26.4. The number of hydrogen-bond donors (Lipinski definition) is 1. The monoisotopic (exact) mass is 510 g/mol. The predicted molar refractivity (Wildman–Crippen MR) is 138 cm³/mol. The van der Waals surface area contributed by atoms with Gasteiger partial charge in [0.2, 0.25) is 10.8 Å². The molecule has 0 radical (unpaired) electrons. The van der Waals surface area contributed by atoms with Crippen LogP contribution in [0.1, 0.15) is 49.9 Å². The van der Waals surface area contributed by atoms with Crippen LogP contribution in [0.3, 0.4) is 0 Å². The number of ether oxygens (including phenoxy) is 2. The lowest BCUT2D eigenvalue weighted by molar-refractivity contribution is -0.134. The number of amides is 3. The maximum absolute atomic E-state index is 14.3. The topological polar surface area (TPSA) is 91.4 Å². The molecule has 2 heterocycles. The minimum atomic E-state index is -1.81. The van der Waals surface area contributed by atoms with Crippen molar-refractivity contribution >= 4 is 41.1 Å². The fourth-order valence-electron chi connectivity index (χ4n) is 4.65. The summed E-state index contributed by atoms with van der Waals surface area (Å²) in [5, 5.41) is 4.65. The van der Waals surface area contributed by atoms with E-state index in [-0.39, 0.29) is 11.7 Å². The lowest BCUT2D eigenvalue weighted by Crippen LogP contribution is -2.60. The molecule has 0 bridgehead atoms. The van der Waals surface area contributed by atoms with Crippen LogP contribution < -0.4 is 10.2 Å². The van der Waals surface area contributed by atoms with E-state index in [9.17, 15) is 14.4 Å². The van der Waals surface area contributed by atoms with E-state index in [1.54, 1.807) is 50.8 Å². The van der Waals surface area contributed by atoms with Crippen molar-refractivity contribution in [3.63, 3.8) is 0 Å². The second-order valence-electron chi connectivity index (χ2n) is 9.53. The summed E-state index contributed by atoms with van der Waals surface area (Å²) in [7, 11) is 0. The zero-order valence-corrected chi connectivity index (χ0v) is 22.0. The Morgan fingerprint density at radius 2 is 1.56 bits per heavy atom. The quantitative estimate of drug-likeness (QED) is 0.606. The number of thiocarbonyl (C=S) groups is 1. The highest BCUT2D eigenvalue weighted by atomic mass is 32.1. The number of nitrogens with zero attached hydrogens (tertiary/aromatic N) is 3. The Balaban J connectivity index is 1.85. The van der Waals surface area contributed by atoms with Gasteiger partial charge in [-0.05, 0) is 65.4 Å². The van der Waals surface area contributed by atoms with E-state index < -0.39 is 36.0 Å². The molecule has 1 fully saturated rings. The summed E-state index contributed by atoms with van der Waals surface area (Å²) in [4.78, 5) is 42.4. The zero-order valence-electron chi connectivity index (χ0n) is 21.2. The van der Waals surface area contributed by atoms with E-state index in [0.29, 0.717) is 11.3 Å². The molecular weight excluding hydrogens is 480 g/mol. The number of hydrazine groups is 1. The molecule has 2 aromatic carbocycles. The summed E-state index contributed by atoms with van der Waals surface area (Å²) in [6, 6.07) is 13.2. The molecule has 2 aliphatic heterocycles. The average Bonchev–Trinajstić information content (AvgIpc) is 3.20. The van der Waals surface area contributed by atoms with E-state index in [2.05, 4.69) is 11.4 Å². The number of nitrogens with one attached hydrogen (secondary N) is 1. The largest absolute Gasteiger partial charge is 0.445 e. The number of hydrogen-bond acceptors (Lipinski definition) is 6. The van der Waals surface area contributed by atoms with E-state index in [1.165, 1.54) is 0 Å². The van der Waals surface area contributed by atoms with Gasteiger partial charge in [-0.2, -0.15) is 10.0 Å². The van der Waals surface area contributed by atoms with Gasteiger partial charge in [0.15, 0.2) is 0 Å². The van der Waals surface area contributed by atoms with E-state index in [0.717, 1.165) is 26.7 Å². The molecular formula is C26H30N4O5S. The molecule has 1 spiro atoms. The molecule has 9 nitrogen and oxygen atoms in total. The molecule has 0 aromatic heterocycles. The van der Waals surface area contributed by atoms with Crippen LogP contribution in [0.5, 0.6) is 0 Å². The molecule has 1 saturated heterocycles. The maximum Gasteiger partial charge on any atom is 0.436 e. The molecule has 2 aliphatic rings. The standard InChI is InChI=1S/C26H30N4O5S/c1-15(2)34-24(32)29-23(36)27-26(30(29)25(33)35-16(3)4)20-9-7-8-10-21(20)28(22(26)31)14-19-12-17(5)11-18(6)13-19/h7-13,15-16H,14H2,1-6H3,(H,27,36). The molecule has 2 aromatic rings. The van der Waals surface area contributed by atoms with Gasteiger partial charge >= 0.3 is 12.2 Å². The lowest BCUT2D eigenvalue weighted by atomic mass is 10.0. The normalized spacial score (nSPS) is 18.8. The third-order valence-corrected chi connectivity index (χ3v) is 6.05. The van der Waals surface area contributed by atoms with Crippen molar-refractivity contribution in [2.45, 2.75) is 66.0 Å². The first-order valence-electron chi connectivity index (χ1n) is 11.8. The predicted octanol–water partition coefficient (Wildman–Crippen LogP) is 4.50. The van der Waals surface area contributed by atoms with Crippen LogP contribution in [-0.2, 0) is 26.5 Å². The Bertz CT molecular complexity index is 1230. The first-order chi connectivity index (χ1) is 17.0. The van der Waals surface area contributed by atoms with Gasteiger partial charge in [0.25, 0.3) is 5.91 Å². The van der Waals surface area contributed by atoms with Gasteiger partial charge in [-0.25, -0.2) is 9.59 Å². The fourth-order valence-corrected chi connectivity index (χ4v) is 4.95. The van der Waals surface area contributed by atoms with Crippen molar-refractivity contribution in [3.05, 3.63) is 64.7 Å². The highest BCUT2D eigenvalue weighted by molar-refractivity contribution is 7.80. The van der Waals surface area contributed by atoms with Crippen LogP contribution in [0.25, 0.3) is 0 Å². The van der Waals surface area contributed by atoms with E-state index in [4.69, 9.17) is 21.7 Å². The number of fused-ring (bicyclic) bond motifs is 2. The van der Waals surface area contributed by atoms with E-state index in [1.807, 2.05) is 32.0 Å². The van der Waals surface area contributed by atoms with Crippen LogP contribution >= 0.6 is 12.2 Å². The summed E-state index contributed by atoms with van der Waals surface area (Å²) in [6.45, 7) is 11.0. The molecule has 0 saturated carbocycles. The molecule has 1 unspecified atom stereocenters. The van der Waals surface area contributed by atoms with Gasteiger partial charge in [-0.15, -0.1) is 0 Å². The number of carbonyl (C=O) groups is 3. The summed E-state index contributed by atoms with van der Waals surface area (Å²) in [5.74, 6) is -0.467. The summed E-state index contributed by atoms with van der Waals surface area (Å²) < 4.78 is 10.8. The molecule has 3 amide bonds. The lowest BCUT2D eigenvalue weighted by Gasteiger charge is -2.34. The van der Waals surface area contributed by atoms with Gasteiger partial charge in [0, 0.05) is 5.56 Å². The van der Waals surface area contributed by atoms with Crippen LogP contribution in [0.2, 0.25) is 0 Å². The number of aryl methyl sites for hydroxylation is 2. The molecule has 4 rings (SSSR count). The molecule has 0 aliphatic carbocycles. The van der Waals surface area contributed by atoms with Crippen LogP contribution in [-0.4, -0.2) is 45.4 Å². The van der Waals surface area contributed by atoms with Crippen molar-refractivity contribution in [1.82, 2.24) is 15.3 Å². The Morgan fingerprint density at radius 3 is 2.17 bits per heavy atom. The average molecular weight is 511 g/mol. The van der Waals surface area contributed by atoms with Crippen molar-refractivity contribution in [2.24, 2.45) is 0 Å². The van der Waals surface area contributed by atoms with Crippen molar-refractivity contribution in [1.29, 1.82) is 0 Å². The first-order valence-corrected chi connectivity index (χ1v) is 12.2. The molecule has 190 valence electrons. The van der Waals surface area contributed by atoms with Crippen molar-refractivity contribution in [2.75, 3.05) is 4.90 Å². The van der Waals surface area contributed by atoms with Crippen LogP contribution in [0.4, 0.5) is 15.3 Å². The molecule has 1 N–H and O–H groups in total. The molecule has 10 heteroatoms. The third-order valence-electron chi connectivity index (χ3n) is 5.78. The fraction of sp³-hybridized carbons (Fsp3) is 0.385. The number of anilines is 1. The van der Waals surface area contributed by atoms with E-state index >= 15 is 0 Å². The Labute approximate surface area is 215 Å². The maximum atomic E-state index is 14.3. The smallest absolute Gasteiger partial charge is 0.436 e. The van der Waals surface area contributed by atoms with Gasteiger partial charge in [-0.1, -0.05) is 47.5 Å². The number of benzene rings is 2. The Hall–Kier alpha value is -3.66. The highest BCUT2D eigenvalue weighted by Crippen LogP contribution is 2.46. The molecule has 1 atom stereocenters. The number of carbonyl (C=O) groups excluding carboxylic acids is 3. The van der Waals surface area contributed by atoms with Gasteiger partial charge in [-0.3, -0.25) is 4.79 Å². The van der Waals surface area contributed by atoms with Crippen LogP contribution in [0.15, 0.2) is 42.5 Å². The van der Waals surface area contributed by atoms with Gasteiger partial charge in [0.05, 0.1) is 24.4 Å². The summed E-state index contributed by atoms with van der Waals surface area (Å²) in [6.07, 6.45) is -2.79. The highest BCUT2D eigenvalue weighted by Gasteiger charge is 2.65. The number of rotatable bonds is 4. The summed E-state index contributed by atoms with van der Waals surface area (Å²) in [5.41, 5.74) is 2.34. The third kappa shape index (κ3) is 4.26. The SMILES string of the molecule is Cc1cc(C)cc(CN2C(=O)C3(NC(=S)N(C(=O)OC(C)C)N3C(=O)OC(C)C)c3ccccc32)c1. The van der Waals surface area contributed by atoms with Crippen molar-refractivity contribution < 1.29 is 23.9 Å². The van der Waals surface area contributed by atoms with Gasteiger partial charge in [0.1, 0.15) is 0 Å². The second kappa shape index (κ2) is 9.42. The molecule has 36 heavy (non-hydrogen) atoms. The number of para-hydroxylation sites is 1. The Morgan fingerprint density at radius 1 is 0.972 bits per heavy atom. The minimum absolute atomic E-state index is 0.141. The first kappa shape index (κ1) is 25.4. The second-order valence-corrected chi connectivity index (χ2v) is 9.92. The van der Waals surface area contributed by atoms with Gasteiger partial charge < -0.3 is 19.7 Å². The van der Waals surface area contributed by atoms with Crippen LogP contribution in [0, 0.1) is 13.8 Å². The minimum Gasteiger partial charge on any atom is -0.445 e.